The van der Waals surface area contributed by atoms with Crippen molar-refractivity contribution in [2.75, 3.05) is 19.0 Å². The zero-order chi connectivity index (χ0) is 16.8. The van der Waals surface area contributed by atoms with Gasteiger partial charge in [-0.05, 0) is 42.5 Å². The standard InChI is InChI=1S/C16H14ClFN2O3/c1-23-12-5-2-10(3-6-12)16(22)19-9-15(21)20-11-4-7-14(18)13(17)8-11/h2-8H,9H2,1H3,(H,19,22)(H,20,21). The molecule has 5 nitrogen and oxygen atoms in total. The number of carbonyl (C=O) groups is 2. The maximum absolute atomic E-state index is 13.0. The molecule has 0 fully saturated rings. The van der Waals surface area contributed by atoms with Crippen molar-refractivity contribution in [3.63, 3.8) is 0 Å². The van der Waals surface area contributed by atoms with Crippen LogP contribution in [-0.2, 0) is 4.79 Å². The number of nitrogens with one attached hydrogen (secondary N) is 2. The molecule has 0 aliphatic rings. The topological polar surface area (TPSA) is 67.4 Å². The highest BCUT2D eigenvalue weighted by Gasteiger charge is 2.09. The van der Waals surface area contributed by atoms with Crippen molar-refractivity contribution in [1.29, 1.82) is 0 Å². The Hall–Kier alpha value is -2.60. The number of rotatable bonds is 5. The van der Waals surface area contributed by atoms with Crippen LogP contribution in [0.3, 0.4) is 0 Å². The van der Waals surface area contributed by atoms with E-state index in [0.29, 0.717) is 17.0 Å². The number of amides is 2. The fraction of sp³-hybridized carbons (Fsp3) is 0.125. The molecule has 0 spiro atoms. The zero-order valence-corrected chi connectivity index (χ0v) is 13.0. The maximum Gasteiger partial charge on any atom is 0.251 e. The van der Waals surface area contributed by atoms with E-state index in [0.717, 1.165) is 6.07 Å². The SMILES string of the molecule is COc1ccc(C(=O)NCC(=O)Nc2ccc(F)c(Cl)c2)cc1. The van der Waals surface area contributed by atoms with Gasteiger partial charge in [-0.15, -0.1) is 0 Å². The Balaban J connectivity index is 1.87. The lowest BCUT2D eigenvalue weighted by atomic mass is 10.2. The number of anilines is 1. The molecule has 0 saturated carbocycles. The first-order valence-electron chi connectivity index (χ1n) is 6.67. The first kappa shape index (κ1) is 16.8. The second kappa shape index (κ2) is 7.60. The van der Waals surface area contributed by atoms with Crippen LogP contribution in [0.25, 0.3) is 0 Å². The van der Waals surface area contributed by atoms with Gasteiger partial charge in [0.25, 0.3) is 5.91 Å². The number of hydrogen-bond donors (Lipinski definition) is 2. The van der Waals surface area contributed by atoms with E-state index >= 15 is 0 Å². The van der Waals surface area contributed by atoms with E-state index in [1.165, 1.54) is 19.2 Å². The summed E-state index contributed by atoms with van der Waals surface area (Å²) in [6.07, 6.45) is 0. The number of ether oxygens (including phenoxy) is 1. The van der Waals surface area contributed by atoms with Crippen molar-refractivity contribution in [2.24, 2.45) is 0 Å². The Labute approximate surface area is 137 Å². The highest BCUT2D eigenvalue weighted by Crippen LogP contribution is 2.19. The van der Waals surface area contributed by atoms with E-state index < -0.39 is 11.7 Å². The molecule has 2 N–H and O–H groups in total. The smallest absolute Gasteiger partial charge is 0.251 e. The number of benzene rings is 2. The summed E-state index contributed by atoms with van der Waals surface area (Å²) in [5.41, 5.74) is 0.753. The van der Waals surface area contributed by atoms with Gasteiger partial charge >= 0.3 is 0 Å². The molecule has 0 aliphatic heterocycles. The minimum atomic E-state index is -0.572. The predicted octanol–water partition coefficient (Wildman–Crippen LogP) is 2.86. The number of methoxy groups -OCH3 is 1. The van der Waals surface area contributed by atoms with Gasteiger partial charge in [-0.2, -0.15) is 0 Å². The minimum absolute atomic E-state index is 0.0925. The van der Waals surface area contributed by atoms with E-state index in [1.807, 2.05) is 0 Å². The van der Waals surface area contributed by atoms with Crippen molar-refractivity contribution < 1.29 is 18.7 Å². The second-order valence-electron chi connectivity index (χ2n) is 4.59. The molecule has 0 radical (unpaired) electrons. The summed E-state index contributed by atoms with van der Waals surface area (Å²) in [5, 5.41) is 4.90. The van der Waals surface area contributed by atoms with Crippen LogP contribution in [0.2, 0.25) is 5.02 Å². The third-order valence-electron chi connectivity index (χ3n) is 2.97. The van der Waals surface area contributed by atoms with Crippen molar-refractivity contribution in [3.8, 4) is 5.75 Å². The average molecular weight is 337 g/mol. The van der Waals surface area contributed by atoms with Crippen molar-refractivity contribution in [2.45, 2.75) is 0 Å². The van der Waals surface area contributed by atoms with Crippen LogP contribution in [0, 0.1) is 5.82 Å². The van der Waals surface area contributed by atoms with Crippen molar-refractivity contribution >= 4 is 29.1 Å². The van der Waals surface area contributed by atoms with Crippen LogP contribution in [0.4, 0.5) is 10.1 Å². The van der Waals surface area contributed by atoms with Crippen LogP contribution in [0.15, 0.2) is 42.5 Å². The number of halogens is 2. The first-order chi connectivity index (χ1) is 11.0. The van der Waals surface area contributed by atoms with Crippen LogP contribution in [0.1, 0.15) is 10.4 Å². The normalized spacial score (nSPS) is 10.0. The maximum atomic E-state index is 13.0. The van der Waals surface area contributed by atoms with Gasteiger partial charge in [-0.1, -0.05) is 11.6 Å². The van der Waals surface area contributed by atoms with Gasteiger partial charge in [0.2, 0.25) is 5.91 Å². The molecule has 0 atom stereocenters. The van der Waals surface area contributed by atoms with Gasteiger partial charge in [-0.25, -0.2) is 4.39 Å². The molecule has 0 bridgehead atoms. The molecule has 2 amide bonds. The van der Waals surface area contributed by atoms with Gasteiger partial charge in [0.15, 0.2) is 0 Å². The van der Waals surface area contributed by atoms with E-state index in [1.54, 1.807) is 24.3 Å². The van der Waals surface area contributed by atoms with Gasteiger partial charge < -0.3 is 15.4 Å². The van der Waals surface area contributed by atoms with Crippen LogP contribution in [0.5, 0.6) is 5.75 Å². The molecule has 23 heavy (non-hydrogen) atoms. The summed E-state index contributed by atoms with van der Waals surface area (Å²) in [6.45, 7) is -0.222. The largest absolute Gasteiger partial charge is 0.497 e. The van der Waals surface area contributed by atoms with Crippen molar-refractivity contribution in [1.82, 2.24) is 5.32 Å². The second-order valence-corrected chi connectivity index (χ2v) is 5.00. The molecule has 2 aromatic rings. The summed E-state index contributed by atoms with van der Waals surface area (Å²) < 4.78 is 18.0. The number of hydrogen-bond acceptors (Lipinski definition) is 3. The molecule has 0 aliphatic carbocycles. The monoisotopic (exact) mass is 336 g/mol. The third-order valence-corrected chi connectivity index (χ3v) is 3.25. The minimum Gasteiger partial charge on any atom is -0.497 e. The van der Waals surface area contributed by atoms with E-state index in [2.05, 4.69) is 10.6 Å². The Kier molecular flexibility index (Phi) is 5.54. The highest BCUT2D eigenvalue weighted by molar-refractivity contribution is 6.31. The molecule has 0 saturated heterocycles. The molecule has 0 aromatic heterocycles. The summed E-state index contributed by atoms with van der Waals surface area (Å²) in [7, 11) is 1.53. The average Bonchev–Trinajstić information content (AvgIpc) is 2.56. The van der Waals surface area contributed by atoms with E-state index in [-0.39, 0.29) is 17.5 Å². The lowest BCUT2D eigenvalue weighted by molar-refractivity contribution is -0.115. The van der Waals surface area contributed by atoms with Gasteiger partial charge in [-0.3, -0.25) is 9.59 Å². The predicted molar refractivity (Wildman–Crippen MR) is 85.4 cm³/mol. The molecule has 7 heteroatoms. The Morgan fingerprint density at radius 1 is 1.17 bits per heavy atom. The molecular weight excluding hydrogens is 323 g/mol. The Bertz CT molecular complexity index is 720. The molecule has 2 rings (SSSR count). The van der Waals surface area contributed by atoms with E-state index in [9.17, 15) is 14.0 Å². The van der Waals surface area contributed by atoms with Crippen LogP contribution in [-0.4, -0.2) is 25.5 Å². The van der Waals surface area contributed by atoms with Gasteiger partial charge in [0.05, 0.1) is 18.7 Å². The fourth-order valence-corrected chi connectivity index (χ4v) is 1.96. The molecular formula is C16H14ClFN2O3. The van der Waals surface area contributed by atoms with Crippen LogP contribution < -0.4 is 15.4 Å². The quantitative estimate of drug-likeness (QED) is 0.882. The third kappa shape index (κ3) is 4.69. The lowest BCUT2D eigenvalue weighted by Gasteiger charge is -2.08. The summed E-state index contributed by atoms with van der Waals surface area (Å²) in [5.74, 6) is -0.778. The molecule has 0 unspecified atom stereocenters. The Morgan fingerprint density at radius 3 is 2.48 bits per heavy atom. The van der Waals surface area contributed by atoms with Gasteiger partial charge in [0.1, 0.15) is 11.6 Å². The number of carbonyl (C=O) groups excluding carboxylic acids is 2. The van der Waals surface area contributed by atoms with Crippen LogP contribution >= 0.6 is 11.6 Å². The summed E-state index contributed by atoms with van der Waals surface area (Å²) in [4.78, 5) is 23.7. The first-order valence-corrected chi connectivity index (χ1v) is 7.04. The lowest BCUT2D eigenvalue weighted by Crippen LogP contribution is -2.32. The molecule has 2 aromatic carbocycles. The van der Waals surface area contributed by atoms with Gasteiger partial charge in [0, 0.05) is 11.3 Å². The fourth-order valence-electron chi connectivity index (χ4n) is 1.78. The molecule has 120 valence electrons. The summed E-state index contributed by atoms with van der Waals surface area (Å²) in [6, 6.07) is 10.3. The highest BCUT2D eigenvalue weighted by atomic mass is 35.5. The molecule has 0 heterocycles. The summed E-state index contributed by atoms with van der Waals surface area (Å²) >= 11 is 5.62. The van der Waals surface area contributed by atoms with E-state index in [4.69, 9.17) is 16.3 Å². The zero-order valence-electron chi connectivity index (χ0n) is 12.2. The van der Waals surface area contributed by atoms with Crippen molar-refractivity contribution in [3.05, 3.63) is 58.9 Å². The Morgan fingerprint density at radius 2 is 1.87 bits per heavy atom.